The van der Waals surface area contributed by atoms with Gasteiger partial charge in [-0.3, -0.25) is 0 Å². The van der Waals surface area contributed by atoms with Crippen LogP contribution < -0.4 is 0 Å². The predicted molar refractivity (Wildman–Crippen MR) is 59.9 cm³/mol. The van der Waals surface area contributed by atoms with Crippen molar-refractivity contribution in [1.29, 1.82) is 0 Å². The SMILES string of the molecule is Cc1ccc(C)c(C(O)c2cnns2)c1. The second-order valence-electron chi connectivity index (χ2n) is 3.58. The van der Waals surface area contributed by atoms with Crippen LogP contribution >= 0.6 is 11.5 Å². The molecule has 0 aliphatic heterocycles. The Balaban J connectivity index is 2.41. The molecule has 0 spiro atoms. The van der Waals surface area contributed by atoms with Crippen molar-refractivity contribution in [3.8, 4) is 0 Å². The number of aryl methyl sites for hydroxylation is 2. The van der Waals surface area contributed by atoms with E-state index >= 15 is 0 Å². The van der Waals surface area contributed by atoms with Gasteiger partial charge in [-0.1, -0.05) is 28.3 Å². The fraction of sp³-hybridized carbons (Fsp3) is 0.273. The number of hydrogen-bond donors (Lipinski definition) is 1. The molecule has 0 saturated carbocycles. The summed E-state index contributed by atoms with van der Waals surface area (Å²) in [7, 11) is 0. The second kappa shape index (κ2) is 4.08. The highest BCUT2D eigenvalue weighted by Gasteiger charge is 2.14. The maximum Gasteiger partial charge on any atom is 0.117 e. The quantitative estimate of drug-likeness (QED) is 0.844. The van der Waals surface area contributed by atoms with E-state index < -0.39 is 6.10 Å². The van der Waals surface area contributed by atoms with Gasteiger partial charge in [0.15, 0.2) is 0 Å². The molecule has 0 amide bonds. The normalized spacial score (nSPS) is 12.7. The highest BCUT2D eigenvalue weighted by atomic mass is 32.1. The van der Waals surface area contributed by atoms with Gasteiger partial charge in [-0.25, -0.2) is 0 Å². The Bertz CT molecular complexity index is 454. The van der Waals surface area contributed by atoms with Gasteiger partial charge in [0.05, 0.1) is 11.1 Å². The van der Waals surface area contributed by atoms with Gasteiger partial charge < -0.3 is 5.11 Å². The van der Waals surface area contributed by atoms with E-state index in [4.69, 9.17) is 0 Å². The van der Waals surface area contributed by atoms with Crippen molar-refractivity contribution in [3.05, 3.63) is 46.0 Å². The molecule has 0 fully saturated rings. The van der Waals surface area contributed by atoms with Gasteiger partial charge in [0.1, 0.15) is 6.10 Å². The molecule has 0 bridgehead atoms. The van der Waals surface area contributed by atoms with E-state index in [0.717, 1.165) is 21.6 Å². The lowest BCUT2D eigenvalue weighted by molar-refractivity contribution is 0.223. The van der Waals surface area contributed by atoms with Crippen molar-refractivity contribution in [2.45, 2.75) is 20.0 Å². The number of benzene rings is 1. The van der Waals surface area contributed by atoms with Crippen LogP contribution in [0.25, 0.3) is 0 Å². The van der Waals surface area contributed by atoms with Crippen LogP contribution in [0.5, 0.6) is 0 Å². The summed E-state index contributed by atoms with van der Waals surface area (Å²) in [4.78, 5) is 0.781. The van der Waals surface area contributed by atoms with Gasteiger partial charge in [0.25, 0.3) is 0 Å². The minimum atomic E-state index is -0.607. The van der Waals surface area contributed by atoms with E-state index in [-0.39, 0.29) is 0 Å². The van der Waals surface area contributed by atoms with E-state index in [1.54, 1.807) is 6.20 Å². The summed E-state index contributed by atoms with van der Waals surface area (Å²) in [5.41, 5.74) is 3.16. The molecule has 1 unspecified atom stereocenters. The van der Waals surface area contributed by atoms with E-state index in [1.807, 2.05) is 32.0 Å². The van der Waals surface area contributed by atoms with Gasteiger partial charge in [-0.05, 0) is 36.5 Å². The summed E-state index contributed by atoms with van der Waals surface area (Å²) in [5.74, 6) is 0. The van der Waals surface area contributed by atoms with E-state index in [2.05, 4.69) is 9.59 Å². The summed E-state index contributed by atoms with van der Waals surface area (Å²) in [5, 5.41) is 13.8. The van der Waals surface area contributed by atoms with Crippen molar-refractivity contribution >= 4 is 11.5 Å². The largest absolute Gasteiger partial charge is 0.383 e. The zero-order chi connectivity index (χ0) is 10.8. The third-order valence-corrected chi connectivity index (χ3v) is 3.09. The van der Waals surface area contributed by atoms with Crippen LogP contribution in [0.4, 0.5) is 0 Å². The van der Waals surface area contributed by atoms with Crippen molar-refractivity contribution in [2.75, 3.05) is 0 Å². The predicted octanol–water partition coefficient (Wildman–Crippen LogP) is 2.24. The molecular weight excluding hydrogens is 208 g/mol. The number of aliphatic hydroxyl groups is 1. The molecule has 78 valence electrons. The molecular formula is C11H12N2OS. The average molecular weight is 220 g/mol. The van der Waals surface area contributed by atoms with Gasteiger partial charge in [-0.15, -0.1) is 5.10 Å². The molecule has 3 nitrogen and oxygen atoms in total. The first kappa shape index (κ1) is 10.3. The van der Waals surface area contributed by atoms with Crippen LogP contribution in [-0.2, 0) is 0 Å². The Morgan fingerprint density at radius 2 is 2.13 bits per heavy atom. The Morgan fingerprint density at radius 3 is 2.80 bits per heavy atom. The van der Waals surface area contributed by atoms with Gasteiger partial charge in [-0.2, -0.15) is 0 Å². The maximum absolute atomic E-state index is 10.1. The van der Waals surface area contributed by atoms with Crippen LogP contribution in [0.15, 0.2) is 24.4 Å². The smallest absolute Gasteiger partial charge is 0.117 e. The van der Waals surface area contributed by atoms with Gasteiger partial charge in [0, 0.05) is 0 Å². The molecule has 1 heterocycles. The summed E-state index contributed by atoms with van der Waals surface area (Å²) in [6.07, 6.45) is 1.00. The molecule has 0 saturated heterocycles. The van der Waals surface area contributed by atoms with Crippen LogP contribution in [0, 0.1) is 13.8 Å². The first-order valence-electron chi connectivity index (χ1n) is 4.71. The Labute approximate surface area is 92.6 Å². The summed E-state index contributed by atoms with van der Waals surface area (Å²) < 4.78 is 3.75. The maximum atomic E-state index is 10.1. The number of aromatic nitrogens is 2. The monoisotopic (exact) mass is 220 g/mol. The van der Waals surface area contributed by atoms with Crippen molar-refractivity contribution in [1.82, 2.24) is 9.59 Å². The Hall–Kier alpha value is -1.26. The van der Waals surface area contributed by atoms with Crippen LogP contribution in [0.3, 0.4) is 0 Å². The molecule has 1 atom stereocenters. The minimum Gasteiger partial charge on any atom is -0.383 e. The number of nitrogens with zero attached hydrogens (tertiary/aromatic N) is 2. The molecule has 1 aromatic carbocycles. The molecule has 1 N–H and O–H groups in total. The second-order valence-corrected chi connectivity index (χ2v) is 4.40. The van der Waals surface area contributed by atoms with Crippen LogP contribution in [-0.4, -0.2) is 14.7 Å². The fourth-order valence-corrected chi connectivity index (χ4v) is 2.01. The topological polar surface area (TPSA) is 46.0 Å². The zero-order valence-electron chi connectivity index (χ0n) is 8.64. The zero-order valence-corrected chi connectivity index (χ0v) is 9.45. The molecule has 2 aromatic rings. The Kier molecular flexibility index (Phi) is 2.79. The number of hydrogen-bond acceptors (Lipinski definition) is 4. The highest BCUT2D eigenvalue weighted by Crippen LogP contribution is 2.26. The summed E-state index contributed by atoms with van der Waals surface area (Å²) >= 11 is 1.23. The third-order valence-electron chi connectivity index (χ3n) is 2.38. The van der Waals surface area contributed by atoms with E-state index in [1.165, 1.54) is 11.5 Å². The lowest BCUT2D eigenvalue weighted by Crippen LogP contribution is -2.00. The van der Waals surface area contributed by atoms with E-state index in [0.29, 0.717) is 0 Å². The minimum absolute atomic E-state index is 0.607. The number of aliphatic hydroxyl groups excluding tert-OH is 1. The Morgan fingerprint density at radius 1 is 1.33 bits per heavy atom. The van der Waals surface area contributed by atoms with Gasteiger partial charge in [0.2, 0.25) is 0 Å². The van der Waals surface area contributed by atoms with Crippen LogP contribution in [0.2, 0.25) is 0 Å². The standard InChI is InChI=1S/C11H12N2OS/c1-7-3-4-8(2)9(5-7)11(14)10-6-12-13-15-10/h3-6,11,14H,1-2H3. The highest BCUT2D eigenvalue weighted by molar-refractivity contribution is 7.05. The van der Waals surface area contributed by atoms with Crippen molar-refractivity contribution < 1.29 is 5.11 Å². The van der Waals surface area contributed by atoms with E-state index in [9.17, 15) is 5.11 Å². The fourth-order valence-electron chi connectivity index (χ4n) is 1.50. The number of rotatable bonds is 2. The lowest BCUT2D eigenvalue weighted by atomic mass is 10.0. The molecule has 2 rings (SSSR count). The molecule has 4 heteroatoms. The lowest BCUT2D eigenvalue weighted by Gasteiger charge is -2.11. The first-order chi connectivity index (χ1) is 7.18. The van der Waals surface area contributed by atoms with Crippen molar-refractivity contribution in [3.63, 3.8) is 0 Å². The summed E-state index contributed by atoms with van der Waals surface area (Å²) in [6.45, 7) is 4.01. The summed E-state index contributed by atoms with van der Waals surface area (Å²) in [6, 6.07) is 6.05. The average Bonchev–Trinajstić information content (AvgIpc) is 2.74. The molecule has 0 radical (unpaired) electrons. The van der Waals surface area contributed by atoms with Gasteiger partial charge >= 0.3 is 0 Å². The molecule has 0 aliphatic rings. The first-order valence-corrected chi connectivity index (χ1v) is 5.48. The molecule has 15 heavy (non-hydrogen) atoms. The van der Waals surface area contributed by atoms with Crippen molar-refractivity contribution in [2.24, 2.45) is 0 Å². The molecule has 1 aromatic heterocycles. The third kappa shape index (κ3) is 2.06. The molecule has 0 aliphatic carbocycles. The van der Waals surface area contributed by atoms with Crippen LogP contribution in [0.1, 0.15) is 27.7 Å².